The zero-order valence-electron chi connectivity index (χ0n) is 16.1. The molecule has 2 aromatic carbocycles. The van der Waals surface area contributed by atoms with Crippen LogP contribution in [0.25, 0.3) is 10.8 Å². The van der Waals surface area contributed by atoms with E-state index in [4.69, 9.17) is 0 Å². The van der Waals surface area contributed by atoms with E-state index in [-0.39, 0.29) is 18.0 Å². The van der Waals surface area contributed by atoms with Gasteiger partial charge < -0.3 is 10.2 Å². The zero-order valence-corrected chi connectivity index (χ0v) is 17.7. The van der Waals surface area contributed by atoms with E-state index in [0.29, 0.717) is 23.2 Å². The molecule has 29 heavy (non-hydrogen) atoms. The fourth-order valence-corrected chi connectivity index (χ4v) is 4.20. The smallest absolute Gasteiger partial charge is 0.274 e. The van der Waals surface area contributed by atoms with Crippen molar-refractivity contribution < 1.29 is 4.79 Å². The highest BCUT2D eigenvalue weighted by atomic mass is 79.9. The van der Waals surface area contributed by atoms with Crippen LogP contribution in [0.2, 0.25) is 0 Å². The minimum absolute atomic E-state index is 0.0827. The Kier molecular flexibility index (Phi) is 6.06. The van der Waals surface area contributed by atoms with Gasteiger partial charge in [-0.1, -0.05) is 30.3 Å². The molecule has 0 bridgehead atoms. The number of rotatable bonds is 6. The van der Waals surface area contributed by atoms with Crippen molar-refractivity contribution in [2.24, 2.45) is 0 Å². The number of halogens is 1. The van der Waals surface area contributed by atoms with Crippen LogP contribution in [-0.2, 0) is 13.1 Å². The van der Waals surface area contributed by atoms with E-state index < -0.39 is 0 Å². The number of hydrogen-bond acceptors (Lipinski definition) is 4. The molecule has 7 heteroatoms. The SMILES string of the molecule is O=C(NCc1nn(CCN2CCCC2)c(=O)c2ccccc12)c1ccccc1Br. The molecule has 6 nitrogen and oxygen atoms in total. The molecule has 1 saturated heterocycles. The molecule has 1 fully saturated rings. The van der Waals surface area contributed by atoms with Crippen LogP contribution < -0.4 is 10.9 Å². The van der Waals surface area contributed by atoms with E-state index in [2.05, 4.69) is 31.2 Å². The first kappa shape index (κ1) is 19.8. The molecular weight excluding hydrogens is 432 g/mol. The van der Waals surface area contributed by atoms with Gasteiger partial charge in [-0.25, -0.2) is 4.68 Å². The van der Waals surface area contributed by atoms with E-state index >= 15 is 0 Å². The topological polar surface area (TPSA) is 67.2 Å². The average Bonchev–Trinajstić information content (AvgIpc) is 3.26. The van der Waals surface area contributed by atoms with Crippen molar-refractivity contribution in [3.8, 4) is 0 Å². The van der Waals surface area contributed by atoms with Gasteiger partial charge in [0, 0.05) is 16.4 Å². The largest absolute Gasteiger partial charge is 0.346 e. The highest BCUT2D eigenvalue weighted by molar-refractivity contribution is 9.10. The number of amides is 1. The Morgan fingerprint density at radius 1 is 1.00 bits per heavy atom. The Balaban J connectivity index is 1.59. The maximum Gasteiger partial charge on any atom is 0.274 e. The minimum atomic E-state index is -0.182. The molecule has 2 heterocycles. The Labute approximate surface area is 177 Å². The molecular formula is C22H23BrN4O2. The van der Waals surface area contributed by atoms with E-state index in [1.54, 1.807) is 10.7 Å². The fraction of sp³-hybridized carbons (Fsp3) is 0.318. The van der Waals surface area contributed by atoms with Gasteiger partial charge in [0.05, 0.1) is 29.7 Å². The number of aromatic nitrogens is 2. The lowest BCUT2D eigenvalue weighted by Gasteiger charge is -2.16. The molecule has 1 aliphatic heterocycles. The Morgan fingerprint density at radius 3 is 2.45 bits per heavy atom. The summed E-state index contributed by atoms with van der Waals surface area (Å²) in [4.78, 5) is 27.8. The van der Waals surface area contributed by atoms with Crippen LogP contribution in [-0.4, -0.2) is 40.2 Å². The summed E-state index contributed by atoms with van der Waals surface area (Å²) >= 11 is 3.41. The molecule has 0 atom stereocenters. The van der Waals surface area contributed by atoms with Crippen LogP contribution in [0.5, 0.6) is 0 Å². The second-order valence-electron chi connectivity index (χ2n) is 7.23. The number of carbonyl (C=O) groups excluding carboxylic acids is 1. The molecule has 1 aliphatic rings. The van der Waals surface area contributed by atoms with Crippen molar-refractivity contribution in [2.45, 2.75) is 25.9 Å². The average molecular weight is 455 g/mol. The highest BCUT2D eigenvalue weighted by Crippen LogP contribution is 2.17. The van der Waals surface area contributed by atoms with Crippen molar-refractivity contribution in [3.63, 3.8) is 0 Å². The minimum Gasteiger partial charge on any atom is -0.346 e. The van der Waals surface area contributed by atoms with Crippen LogP contribution in [0.1, 0.15) is 28.9 Å². The first-order valence-corrected chi connectivity index (χ1v) is 10.7. The van der Waals surface area contributed by atoms with E-state index in [0.717, 1.165) is 29.5 Å². The lowest BCUT2D eigenvalue weighted by Crippen LogP contribution is -2.32. The Bertz CT molecular complexity index is 1090. The van der Waals surface area contributed by atoms with Crippen molar-refractivity contribution in [2.75, 3.05) is 19.6 Å². The van der Waals surface area contributed by atoms with Gasteiger partial charge in [-0.15, -0.1) is 0 Å². The molecule has 4 rings (SSSR count). The lowest BCUT2D eigenvalue weighted by molar-refractivity contribution is 0.0949. The molecule has 1 N–H and O–H groups in total. The Morgan fingerprint density at radius 2 is 1.69 bits per heavy atom. The molecule has 3 aromatic rings. The van der Waals surface area contributed by atoms with Crippen LogP contribution in [0, 0.1) is 0 Å². The quantitative estimate of drug-likeness (QED) is 0.620. The number of carbonyl (C=O) groups is 1. The summed E-state index contributed by atoms with van der Waals surface area (Å²) in [6.07, 6.45) is 2.43. The monoisotopic (exact) mass is 454 g/mol. The van der Waals surface area contributed by atoms with Crippen molar-refractivity contribution in [3.05, 3.63) is 74.6 Å². The number of hydrogen-bond donors (Lipinski definition) is 1. The third-order valence-corrected chi connectivity index (χ3v) is 6.00. The third-order valence-electron chi connectivity index (χ3n) is 5.31. The molecule has 0 unspecified atom stereocenters. The predicted octanol–water partition coefficient (Wildman–Crippen LogP) is 3.18. The summed E-state index contributed by atoms with van der Waals surface area (Å²) in [6.45, 7) is 3.78. The third kappa shape index (κ3) is 4.41. The molecule has 1 amide bonds. The highest BCUT2D eigenvalue weighted by Gasteiger charge is 2.15. The van der Waals surface area contributed by atoms with Gasteiger partial charge >= 0.3 is 0 Å². The van der Waals surface area contributed by atoms with Gasteiger partial charge in [0.1, 0.15) is 0 Å². The first-order chi connectivity index (χ1) is 14.1. The van der Waals surface area contributed by atoms with Gasteiger partial charge in [-0.05, 0) is 60.1 Å². The molecule has 0 aliphatic carbocycles. The number of benzene rings is 2. The number of likely N-dealkylation sites (tertiary alicyclic amines) is 1. The van der Waals surface area contributed by atoms with Gasteiger partial charge in [0.15, 0.2) is 0 Å². The zero-order chi connectivity index (χ0) is 20.2. The van der Waals surface area contributed by atoms with Crippen LogP contribution in [0.15, 0.2) is 57.8 Å². The lowest BCUT2D eigenvalue weighted by atomic mass is 10.1. The second-order valence-corrected chi connectivity index (χ2v) is 8.09. The Hall–Kier alpha value is -2.51. The second kappa shape index (κ2) is 8.88. The molecule has 0 radical (unpaired) electrons. The summed E-state index contributed by atoms with van der Waals surface area (Å²) in [5.74, 6) is -0.182. The van der Waals surface area contributed by atoms with Gasteiger partial charge in [-0.2, -0.15) is 5.10 Å². The summed E-state index contributed by atoms with van der Waals surface area (Å²) < 4.78 is 2.28. The number of fused-ring (bicyclic) bond motifs is 1. The fourth-order valence-electron chi connectivity index (χ4n) is 3.73. The number of nitrogens with zero attached hydrogens (tertiary/aromatic N) is 3. The van der Waals surface area contributed by atoms with Gasteiger partial charge in [0.2, 0.25) is 0 Å². The van der Waals surface area contributed by atoms with Crippen LogP contribution in [0.3, 0.4) is 0 Å². The summed E-state index contributed by atoms with van der Waals surface area (Å²) in [6, 6.07) is 14.7. The van der Waals surface area contributed by atoms with Crippen LogP contribution in [0.4, 0.5) is 0 Å². The van der Waals surface area contributed by atoms with Crippen molar-refractivity contribution in [1.82, 2.24) is 20.0 Å². The first-order valence-electron chi connectivity index (χ1n) is 9.87. The van der Waals surface area contributed by atoms with Gasteiger partial charge in [0.25, 0.3) is 11.5 Å². The van der Waals surface area contributed by atoms with Crippen molar-refractivity contribution in [1.29, 1.82) is 0 Å². The summed E-state index contributed by atoms with van der Waals surface area (Å²) in [5, 5.41) is 8.95. The molecule has 0 saturated carbocycles. The van der Waals surface area contributed by atoms with E-state index in [9.17, 15) is 9.59 Å². The summed E-state index contributed by atoms with van der Waals surface area (Å²) in [5.41, 5.74) is 1.18. The summed E-state index contributed by atoms with van der Waals surface area (Å²) in [7, 11) is 0. The molecule has 0 spiro atoms. The van der Waals surface area contributed by atoms with Crippen molar-refractivity contribution >= 4 is 32.6 Å². The molecule has 150 valence electrons. The predicted molar refractivity (Wildman–Crippen MR) is 117 cm³/mol. The van der Waals surface area contributed by atoms with E-state index in [1.807, 2.05) is 42.5 Å². The maximum absolute atomic E-state index is 12.9. The normalized spacial score (nSPS) is 14.4. The molecule has 1 aromatic heterocycles. The standard InChI is InChI=1S/C22H23BrN4O2/c23-19-10-4-3-9-18(19)21(28)24-15-20-16-7-1-2-8-17(16)22(29)27(25-20)14-13-26-11-5-6-12-26/h1-4,7-10H,5-6,11-15H2,(H,24,28). The van der Waals surface area contributed by atoms with E-state index in [1.165, 1.54) is 12.8 Å². The number of nitrogens with one attached hydrogen (secondary N) is 1. The maximum atomic E-state index is 12.9. The van der Waals surface area contributed by atoms with Crippen LogP contribution >= 0.6 is 15.9 Å². The van der Waals surface area contributed by atoms with Gasteiger partial charge in [-0.3, -0.25) is 9.59 Å².